The van der Waals surface area contributed by atoms with Crippen LogP contribution in [0.15, 0.2) is 30.5 Å². The number of methoxy groups -OCH3 is 1. The number of amides is 1. The zero-order chi connectivity index (χ0) is 19.7. The first-order chi connectivity index (χ1) is 13.5. The molecular formula is C20H27ClN4O4. The van der Waals surface area contributed by atoms with Gasteiger partial charge in [0.15, 0.2) is 0 Å². The molecule has 0 saturated heterocycles. The van der Waals surface area contributed by atoms with Crippen LogP contribution in [-0.4, -0.2) is 56.5 Å². The molecular weight excluding hydrogens is 396 g/mol. The van der Waals surface area contributed by atoms with Crippen molar-refractivity contribution in [2.75, 3.05) is 7.11 Å². The van der Waals surface area contributed by atoms with Crippen molar-refractivity contribution in [2.45, 2.75) is 56.4 Å². The van der Waals surface area contributed by atoms with E-state index < -0.39 is 18.2 Å². The fraction of sp³-hybridized carbons (Fsp3) is 0.550. The van der Waals surface area contributed by atoms with Crippen molar-refractivity contribution in [1.82, 2.24) is 20.3 Å². The van der Waals surface area contributed by atoms with Crippen LogP contribution in [0.2, 0.25) is 0 Å². The summed E-state index contributed by atoms with van der Waals surface area (Å²) in [4.78, 5) is 12.4. The highest BCUT2D eigenvalue weighted by Crippen LogP contribution is 2.38. The molecule has 9 heteroatoms. The molecule has 29 heavy (non-hydrogen) atoms. The van der Waals surface area contributed by atoms with Gasteiger partial charge in [-0.15, -0.1) is 17.5 Å². The van der Waals surface area contributed by atoms with Gasteiger partial charge in [0.05, 0.1) is 31.4 Å². The number of carbonyl (C=O) groups is 1. The van der Waals surface area contributed by atoms with E-state index in [1.165, 1.54) is 0 Å². The van der Waals surface area contributed by atoms with Crippen molar-refractivity contribution in [2.24, 2.45) is 5.92 Å². The van der Waals surface area contributed by atoms with Crippen LogP contribution in [0.1, 0.15) is 36.4 Å². The number of nitrogens with one attached hydrogen (secondary N) is 1. The van der Waals surface area contributed by atoms with Gasteiger partial charge in [-0.3, -0.25) is 9.48 Å². The number of nitrogens with zero attached hydrogens (tertiary/aromatic N) is 3. The average molecular weight is 423 g/mol. The normalized spacial score (nSPS) is 26.0. The summed E-state index contributed by atoms with van der Waals surface area (Å²) in [5, 5.41) is 32.0. The highest BCUT2D eigenvalue weighted by Gasteiger charge is 2.42. The Morgan fingerprint density at radius 2 is 2.10 bits per heavy atom. The number of aliphatic hydroxyl groups is 2. The van der Waals surface area contributed by atoms with Gasteiger partial charge < -0.3 is 20.3 Å². The van der Waals surface area contributed by atoms with Crippen LogP contribution in [0.3, 0.4) is 0 Å². The third-order valence-corrected chi connectivity index (χ3v) is 5.62. The maximum atomic E-state index is 12.4. The van der Waals surface area contributed by atoms with E-state index in [1.807, 2.05) is 30.5 Å². The molecule has 2 aliphatic carbocycles. The lowest BCUT2D eigenvalue weighted by Gasteiger charge is -2.18. The molecule has 1 aromatic heterocycles. The minimum atomic E-state index is -0.995. The Morgan fingerprint density at radius 3 is 2.83 bits per heavy atom. The van der Waals surface area contributed by atoms with Crippen molar-refractivity contribution >= 4 is 18.3 Å². The first-order valence-corrected chi connectivity index (χ1v) is 9.72. The number of hydrogen-bond acceptors (Lipinski definition) is 6. The second-order valence-corrected chi connectivity index (χ2v) is 7.82. The van der Waals surface area contributed by atoms with E-state index in [2.05, 4.69) is 15.6 Å². The summed E-state index contributed by atoms with van der Waals surface area (Å²) in [7, 11) is 1.58. The summed E-state index contributed by atoms with van der Waals surface area (Å²) < 4.78 is 6.90. The van der Waals surface area contributed by atoms with E-state index >= 15 is 0 Å². The molecule has 2 aliphatic rings. The fourth-order valence-corrected chi connectivity index (χ4v) is 3.88. The van der Waals surface area contributed by atoms with Crippen LogP contribution >= 0.6 is 12.4 Å². The lowest BCUT2D eigenvalue weighted by Crippen LogP contribution is -2.43. The molecule has 158 valence electrons. The van der Waals surface area contributed by atoms with Crippen LogP contribution in [0.25, 0.3) is 0 Å². The lowest BCUT2D eigenvalue weighted by atomic mass is 10.1. The molecule has 0 bridgehead atoms. The minimum Gasteiger partial charge on any atom is -0.497 e. The predicted molar refractivity (Wildman–Crippen MR) is 108 cm³/mol. The Balaban J connectivity index is 0.00000240. The fourth-order valence-electron chi connectivity index (χ4n) is 3.88. The van der Waals surface area contributed by atoms with Gasteiger partial charge in [0, 0.05) is 24.6 Å². The molecule has 1 heterocycles. The number of aliphatic hydroxyl groups excluding tert-OH is 2. The smallest absolute Gasteiger partial charge is 0.224 e. The second kappa shape index (κ2) is 9.11. The van der Waals surface area contributed by atoms with Crippen molar-refractivity contribution in [3.63, 3.8) is 0 Å². The molecule has 2 saturated carbocycles. The summed E-state index contributed by atoms with van der Waals surface area (Å²) in [6.07, 6.45) is 3.02. The molecule has 2 aromatic rings. The Morgan fingerprint density at radius 1 is 1.31 bits per heavy atom. The maximum absolute atomic E-state index is 12.4. The number of hydrogen-bond donors (Lipinski definition) is 3. The first kappa shape index (κ1) is 21.5. The van der Waals surface area contributed by atoms with Gasteiger partial charge in [0.1, 0.15) is 11.9 Å². The van der Waals surface area contributed by atoms with Crippen molar-refractivity contribution in [1.29, 1.82) is 0 Å². The predicted octanol–water partition coefficient (Wildman–Crippen LogP) is 1.06. The van der Waals surface area contributed by atoms with E-state index in [-0.39, 0.29) is 30.7 Å². The van der Waals surface area contributed by atoms with Crippen LogP contribution in [0.4, 0.5) is 0 Å². The molecule has 4 rings (SSSR count). The Labute approximate surface area is 175 Å². The summed E-state index contributed by atoms with van der Waals surface area (Å²) in [5.74, 6) is 0.837. The zero-order valence-corrected chi connectivity index (χ0v) is 17.1. The van der Waals surface area contributed by atoms with Gasteiger partial charge in [-0.2, -0.15) is 0 Å². The van der Waals surface area contributed by atoms with E-state index in [9.17, 15) is 15.0 Å². The van der Waals surface area contributed by atoms with Gasteiger partial charge in [0.2, 0.25) is 5.91 Å². The number of carbonyl (C=O) groups excluding carboxylic acids is 1. The molecule has 0 radical (unpaired) electrons. The number of rotatable bonds is 7. The highest BCUT2D eigenvalue weighted by molar-refractivity contribution is 5.85. The van der Waals surface area contributed by atoms with E-state index in [4.69, 9.17) is 4.74 Å². The van der Waals surface area contributed by atoms with Gasteiger partial charge >= 0.3 is 0 Å². The number of benzene rings is 1. The Kier molecular flexibility index (Phi) is 6.77. The number of halogens is 1. The van der Waals surface area contributed by atoms with Gasteiger partial charge in [-0.25, -0.2) is 0 Å². The molecule has 4 atom stereocenters. The third-order valence-electron chi connectivity index (χ3n) is 5.62. The monoisotopic (exact) mass is 422 g/mol. The van der Waals surface area contributed by atoms with Crippen LogP contribution in [0.5, 0.6) is 5.75 Å². The third kappa shape index (κ3) is 5.07. The second-order valence-electron chi connectivity index (χ2n) is 7.82. The van der Waals surface area contributed by atoms with Crippen LogP contribution in [0, 0.1) is 5.92 Å². The Hall–Kier alpha value is -2.16. The molecule has 8 nitrogen and oxygen atoms in total. The molecule has 1 aromatic carbocycles. The number of ether oxygens (including phenoxy) is 1. The summed E-state index contributed by atoms with van der Waals surface area (Å²) >= 11 is 0. The summed E-state index contributed by atoms with van der Waals surface area (Å²) in [6.45, 7) is 0.472. The van der Waals surface area contributed by atoms with Crippen molar-refractivity contribution < 1.29 is 19.7 Å². The molecule has 2 fully saturated rings. The molecule has 0 spiro atoms. The lowest BCUT2D eigenvalue weighted by molar-refractivity contribution is -0.122. The van der Waals surface area contributed by atoms with Crippen molar-refractivity contribution in [3.8, 4) is 5.75 Å². The molecule has 0 unspecified atom stereocenters. The number of aromatic nitrogens is 3. The SMILES string of the molecule is COc1cccc(CC(=O)N[C@@H]2C[C@H](Cn3cc(C4CC4)nn3)[C@@H](O)[C@H]2O)c1.Cl. The molecule has 1 amide bonds. The van der Waals surface area contributed by atoms with Crippen molar-refractivity contribution in [3.05, 3.63) is 41.7 Å². The van der Waals surface area contributed by atoms with E-state index in [0.717, 1.165) is 24.1 Å². The van der Waals surface area contributed by atoms with Gasteiger partial charge in [-0.1, -0.05) is 17.3 Å². The van der Waals surface area contributed by atoms with E-state index in [1.54, 1.807) is 11.8 Å². The summed E-state index contributed by atoms with van der Waals surface area (Å²) in [5.41, 5.74) is 1.83. The van der Waals surface area contributed by atoms with Crippen LogP contribution < -0.4 is 10.1 Å². The van der Waals surface area contributed by atoms with E-state index in [0.29, 0.717) is 24.6 Å². The Bertz CT molecular complexity index is 841. The summed E-state index contributed by atoms with van der Waals surface area (Å²) in [6, 6.07) is 6.84. The molecule has 0 aliphatic heterocycles. The van der Waals surface area contributed by atoms with Crippen LogP contribution in [-0.2, 0) is 17.8 Å². The maximum Gasteiger partial charge on any atom is 0.224 e. The highest BCUT2D eigenvalue weighted by atomic mass is 35.5. The topological polar surface area (TPSA) is 110 Å². The largest absolute Gasteiger partial charge is 0.497 e. The average Bonchev–Trinajstić information content (AvgIpc) is 3.38. The quantitative estimate of drug-likeness (QED) is 0.615. The standard InChI is InChI=1S/C20H26N4O4.ClH/c1-28-15-4-2-3-12(7-15)8-18(25)21-16-9-14(19(26)20(16)27)10-24-11-17(22-23-24)13-5-6-13;/h2-4,7,11,13-14,16,19-20,26-27H,5-6,8-10H2,1H3,(H,21,25);1H/t14-,16-,19-,20+;/m1./s1. The first-order valence-electron chi connectivity index (χ1n) is 9.72. The zero-order valence-electron chi connectivity index (χ0n) is 16.3. The van der Waals surface area contributed by atoms with Gasteiger partial charge in [0.25, 0.3) is 0 Å². The minimum absolute atomic E-state index is 0. The molecule has 3 N–H and O–H groups in total. The van der Waals surface area contributed by atoms with Gasteiger partial charge in [-0.05, 0) is 37.0 Å².